The van der Waals surface area contributed by atoms with Crippen molar-refractivity contribution in [2.75, 3.05) is 30.4 Å². The third-order valence-corrected chi connectivity index (χ3v) is 3.56. The zero-order chi connectivity index (χ0) is 17.5. The van der Waals surface area contributed by atoms with E-state index < -0.39 is 6.03 Å². The molecule has 0 spiro atoms. The van der Waals surface area contributed by atoms with E-state index in [4.69, 9.17) is 16.7 Å². The Morgan fingerprint density at radius 3 is 2.29 bits per heavy atom. The zero-order valence-electron chi connectivity index (χ0n) is 13.1. The minimum absolute atomic E-state index is 0.121. The molecule has 6 nitrogen and oxygen atoms in total. The van der Waals surface area contributed by atoms with Crippen LogP contribution in [0, 0.1) is 0 Å². The number of amides is 3. The Bertz CT molecular complexity index is 702. The molecule has 24 heavy (non-hydrogen) atoms. The summed E-state index contributed by atoms with van der Waals surface area (Å²) >= 11 is 5.83. The lowest BCUT2D eigenvalue weighted by molar-refractivity contribution is 0.0993. The number of halogens is 1. The Hall–Kier alpha value is -2.57. The van der Waals surface area contributed by atoms with Crippen molar-refractivity contribution in [1.82, 2.24) is 5.32 Å². The molecule has 0 aliphatic carbocycles. The third kappa shape index (κ3) is 4.71. The normalized spacial score (nSPS) is 10.1. The molecule has 0 atom stereocenters. The van der Waals surface area contributed by atoms with E-state index in [2.05, 4.69) is 10.6 Å². The summed E-state index contributed by atoms with van der Waals surface area (Å²) in [5, 5.41) is 14.3. The molecule has 7 heteroatoms. The highest BCUT2D eigenvalue weighted by molar-refractivity contribution is 6.30. The second-order valence-electron chi connectivity index (χ2n) is 5.02. The van der Waals surface area contributed by atoms with Crippen LogP contribution in [-0.2, 0) is 0 Å². The fourth-order valence-electron chi connectivity index (χ4n) is 2.02. The molecule has 3 N–H and O–H groups in total. The Morgan fingerprint density at radius 2 is 1.71 bits per heavy atom. The molecule has 0 saturated carbocycles. The van der Waals surface area contributed by atoms with Gasteiger partial charge in [0.05, 0.1) is 6.61 Å². The van der Waals surface area contributed by atoms with Crippen LogP contribution < -0.4 is 15.5 Å². The first-order valence-corrected chi connectivity index (χ1v) is 7.68. The van der Waals surface area contributed by atoms with Crippen molar-refractivity contribution in [3.8, 4) is 0 Å². The molecule has 0 aromatic heterocycles. The molecule has 0 aliphatic heterocycles. The fourth-order valence-corrected chi connectivity index (χ4v) is 2.14. The van der Waals surface area contributed by atoms with Gasteiger partial charge in [0.25, 0.3) is 5.91 Å². The van der Waals surface area contributed by atoms with Crippen LogP contribution in [0.5, 0.6) is 0 Å². The Morgan fingerprint density at radius 1 is 1.08 bits per heavy atom. The topological polar surface area (TPSA) is 81.7 Å². The second-order valence-corrected chi connectivity index (χ2v) is 5.46. The number of urea groups is 1. The van der Waals surface area contributed by atoms with Crippen LogP contribution >= 0.6 is 11.6 Å². The number of rotatable bonds is 5. The maximum atomic E-state index is 12.4. The Labute approximate surface area is 145 Å². The number of nitrogens with one attached hydrogen (secondary N) is 2. The zero-order valence-corrected chi connectivity index (χ0v) is 13.9. The van der Waals surface area contributed by atoms with Gasteiger partial charge in [0.1, 0.15) is 0 Å². The van der Waals surface area contributed by atoms with Crippen molar-refractivity contribution in [2.24, 2.45) is 0 Å². The van der Waals surface area contributed by atoms with Crippen LogP contribution in [0.25, 0.3) is 0 Å². The van der Waals surface area contributed by atoms with Gasteiger partial charge < -0.3 is 20.6 Å². The molecular weight excluding hydrogens is 330 g/mol. The number of benzene rings is 2. The standard InChI is InChI=1S/C17H18ClN3O3/c1-21(16(23)12-2-4-13(18)5-3-12)15-8-6-14(7-9-15)20-17(24)19-10-11-22/h2-9,22H,10-11H2,1H3,(H2,19,20,24). The quantitative estimate of drug-likeness (QED) is 0.777. The van der Waals surface area contributed by atoms with E-state index >= 15 is 0 Å². The van der Waals surface area contributed by atoms with Gasteiger partial charge in [0.2, 0.25) is 0 Å². The maximum absolute atomic E-state index is 12.4. The molecule has 2 aromatic rings. The highest BCUT2D eigenvalue weighted by Gasteiger charge is 2.13. The van der Waals surface area contributed by atoms with Crippen molar-refractivity contribution in [1.29, 1.82) is 0 Å². The van der Waals surface area contributed by atoms with Crippen LogP contribution in [0.4, 0.5) is 16.2 Å². The van der Waals surface area contributed by atoms with Gasteiger partial charge in [-0.25, -0.2) is 4.79 Å². The largest absolute Gasteiger partial charge is 0.395 e. The summed E-state index contributed by atoms with van der Waals surface area (Å²) in [4.78, 5) is 25.4. The highest BCUT2D eigenvalue weighted by atomic mass is 35.5. The molecule has 0 fully saturated rings. The molecule has 2 aromatic carbocycles. The summed E-state index contributed by atoms with van der Waals surface area (Å²) in [6.07, 6.45) is 0. The van der Waals surface area contributed by atoms with Gasteiger partial charge in [-0.3, -0.25) is 4.79 Å². The molecule has 0 aliphatic rings. The Kier molecular flexibility index (Phi) is 6.17. The van der Waals surface area contributed by atoms with Crippen LogP contribution in [-0.4, -0.2) is 37.2 Å². The second kappa shape index (κ2) is 8.33. The van der Waals surface area contributed by atoms with E-state index in [-0.39, 0.29) is 19.1 Å². The number of carbonyl (C=O) groups excluding carboxylic acids is 2. The molecule has 0 radical (unpaired) electrons. The van der Waals surface area contributed by atoms with Crippen molar-refractivity contribution in [3.05, 3.63) is 59.1 Å². The number of aliphatic hydroxyl groups excluding tert-OH is 1. The summed E-state index contributed by atoms with van der Waals surface area (Å²) in [6, 6.07) is 13.1. The molecule has 3 amide bonds. The number of hydrogen-bond acceptors (Lipinski definition) is 3. The van der Waals surface area contributed by atoms with Crippen molar-refractivity contribution >= 4 is 34.9 Å². The maximum Gasteiger partial charge on any atom is 0.319 e. The van der Waals surface area contributed by atoms with Crippen LogP contribution in [0.1, 0.15) is 10.4 Å². The van der Waals surface area contributed by atoms with Gasteiger partial charge in [-0.15, -0.1) is 0 Å². The van der Waals surface area contributed by atoms with E-state index in [9.17, 15) is 9.59 Å². The van der Waals surface area contributed by atoms with Gasteiger partial charge in [0, 0.05) is 35.6 Å². The lowest BCUT2D eigenvalue weighted by atomic mass is 10.2. The molecular formula is C17H18ClN3O3. The van der Waals surface area contributed by atoms with E-state index in [1.54, 1.807) is 55.6 Å². The van der Waals surface area contributed by atoms with E-state index in [1.807, 2.05) is 0 Å². The first kappa shape index (κ1) is 17.8. The van der Waals surface area contributed by atoms with Crippen LogP contribution in [0.3, 0.4) is 0 Å². The van der Waals surface area contributed by atoms with Crippen LogP contribution in [0.15, 0.2) is 48.5 Å². The van der Waals surface area contributed by atoms with Gasteiger partial charge in [-0.1, -0.05) is 11.6 Å². The molecule has 0 unspecified atom stereocenters. The van der Waals surface area contributed by atoms with Gasteiger partial charge in [0.15, 0.2) is 0 Å². The van der Waals surface area contributed by atoms with Crippen LogP contribution in [0.2, 0.25) is 5.02 Å². The molecule has 126 valence electrons. The monoisotopic (exact) mass is 347 g/mol. The first-order valence-electron chi connectivity index (χ1n) is 7.30. The molecule has 0 saturated heterocycles. The predicted molar refractivity (Wildman–Crippen MR) is 94.7 cm³/mol. The van der Waals surface area contributed by atoms with E-state index in [1.165, 1.54) is 4.90 Å². The first-order chi connectivity index (χ1) is 11.5. The lowest BCUT2D eigenvalue weighted by Crippen LogP contribution is -2.31. The third-order valence-electron chi connectivity index (χ3n) is 3.31. The van der Waals surface area contributed by atoms with Crippen molar-refractivity contribution in [2.45, 2.75) is 0 Å². The number of carbonyl (C=O) groups is 2. The summed E-state index contributed by atoms with van der Waals surface area (Å²) in [7, 11) is 1.67. The summed E-state index contributed by atoms with van der Waals surface area (Å²) in [5.41, 5.74) is 1.81. The van der Waals surface area contributed by atoms with Gasteiger partial charge in [-0.05, 0) is 48.5 Å². The summed E-state index contributed by atoms with van der Waals surface area (Å²) < 4.78 is 0. The number of nitrogens with zero attached hydrogens (tertiary/aromatic N) is 1. The molecule has 0 bridgehead atoms. The summed E-state index contributed by atoms with van der Waals surface area (Å²) in [6.45, 7) is 0.0617. The highest BCUT2D eigenvalue weighted by Crippen LogP contribution is 2.19. The smallest absolute Gasteiger partial charge is 0.319 e. The number of aliphatic hydroxyl groups is 1. The average molecular weight is 348 g/mol. The SMILES string of the molecule is CN(C(=O)c1ccc(Cl)cc1)c1ccc(NC(=O)NCCO)cc1. The lowest BCUT2D eigenvalue weighted by Gasteiger charge is -2.18. The fraction of sp³-hybridized carbons (Fsp3) is 0.176. The van der Waals surface area contributed by atoms with Crippen molar-refractivity contribution in [3.63, 3.8) is 0 Å². The molecule has 0 heterocycles. The minimum Gasteiger partial charge on any atom is -0.395 e. The predicted octanol–water partition coefficient (Wildman–Crippen LogP) is 2.73. The summed E-state index contributed by atoms with van der Waals surface area (Å²) in [5.74, 6) is -0.159. The van der Waals surface area contributed by atoms with Gasteiger partial charge in [-0.2, -0.15) is 0 Å². The average Bonchev–Trinajstić information content (AvgIpc) is 2.60. The number of anilines is 2. The Balaban J connectivity index is 2.02. The molecule has 2 rings (SSSR count). The van der Waals surface area contributed by atoms with Gasteiger partial charge >= 0.3 is 6.03 Å². The number of hydrogen-bond donors (Lipinski definition) is 3. The van der Waals surface area contributed by atoms with E-state index in [0.29, 0.717) is 22.0 Å². The minimum atomic E-state index is -0.401. The van der Waals surface area contributed by atoms with Crippen molar-refractivity contribution < 1.29 is 14.7 Å². The van der Waals surface area contributed by atoms with E-state index in [0.717, 1.165) is 0 Å².